The average molecular weight is 332 g/mol. The molecular formula is C12H17FN4O4S. The molecule has 3 N–H and O–H groups in total. The lowest BCUT2D eigenvalue weighted by atomic mass is 10.1. The second kappa shape index (κ2) is 6.55. The van der Waals surface area contributed by atoms with Crippen molar-refractivity contribution < 1.29 is 17.7 Å². The number of nitro benzene ring substituents is 1. The van der Waals surface area contributed by atoms with Gasteiger partial charge in [-0.15, -0.1) is 0 Å². The van der Waals surface area contributed by atoms with Crippen LogP contribution in [0.4, 0.5) is 15.8 Å². The predicted molar refractivity (Wildman–Crippen MR) is 79.1 cm³/mol. The summed E-state index contributed by atoms with van der Waals surface area (Å²) in [5.74, 6) is 0. The minimum absolute atomic E-state index is 0.00189. The van der Waals surface area contributed by atoms with E-state index in [0.717, 1.165) is 19.0 Å². The molecule has 1 aromatic rings. The van der Waals surface area contributed by atoms with Crippen LogP contribution in [0, 0.1) is 10.1 Å². The van der Waals surface area contributed by atoms with E-state index in [4.69, 9.17) is 5.14 Å². The lowest BCUT2D eigenvalue weighted by Gasteiger charge is -2.29. The van der Waals surface area contributed by atoms with Crippen molar-refractivity contribution >= 4 is 21.4 Å². The Morgan fingerprint density at radius 2 is 2.23 bits per heavy atom. The number of anilines is 1. The van der Waals surface area contributed by atoms with Gasteiger partial charge in [-0.2, -0.15) is 0 Å². The number of nitrogens with zero attached hydrogens (tertiary/aromatic N) is 2. The quantitative estimate of drug-likeness (QED) is 0.574. The van der Waals surface area contributed by atoms with Gasteiger partial charge in [0.25, 0.3) is 5.69 Å². The Kier molecular flexibility index (Phi) is 4.94. The van der Waals surface area contributed by atoms with E-state index in [1.165, 1.54) is 12.1 Å². The van der Waals surface area contributed by atoms with Crippen molar-refractivity contribution in [3.63, 3.8) is 0 Å². The molecule has 122 valence electrons. The first-order valence-electron chi connectivity index (χ1n) is 6.69. The summed E-state index contributed by atoms with van der Waals surface area (Å²) in [6, 6.07) is 3.35. The van der Waals surface area contributed by atoms with Crippen LogP contribution in [0.2, 0.25) is 0 Å². The van der Waals surface area contributed by atoms with Gasteiger partial charge in [-0.1, -0.05) is 0 Å². The molecule has 1 aliphatic rings. The van der Waals surface area contributed by atoms with Gasteiger partial charge >= 0.3 is 0 Å². The number of alkyl halides is 1. The Morgan fingerprint density at radius 3 is 2.73 bits per heavy atom. The van der Waals surface area contributed by atoms with E-state index < -0.39 is 27.3 Å². The first kappa shape index (κ1) is 16.6. The number of hydrogen-bond acceptors (Lipinski definition) is 6. The first-order valence-corrected chi connectivity index (χ1v) is 8.24. The van der Waals surface area contributed by atoms with Crippen LogP contribution in [0.15, 0.2) is 23.1 Å². The highest BCUT2D eigenvalue weighted by Gasteiger charge is 2.29. The number of benzene rings is 1. The van der Waals surface area contributed by atoms with Gasteiger partial charge in [-0.05, 0) is 25.1 Å². The van der Waals surface area contributed by atoms with E-state index in [2.05, 4.69) is 5.32 Å². The number of nitrogens with one attached hydrogen (secondary N) is 1. The molecular weight excluding hydrogens is 315 g/mol. The van der Waals surface area contributed by atoms with Crippen molar-refractivity contribution in [3.8, 4) is 0 Å². The molecule has 10 heteroatoms. The largest absolute Gasteiger partial charge is 0.359 e. The highest BCUT2D eigenvalue weighted by Crippen LogP contribution is 2.32. The van der Waals surface area contributed by atoms with Gasteiger partial charge in [0.1, 0.15) is 12.4 Å². The van der Waals surface area contributed by atoms with Gasteiger partial charge < -0.3 is 10.2 Å². The molecule has 0 saturated carbocycles. The van der Waals surface area contributed by atoms with Gasteiger partial charge in [-0.25, -0.2) is 17.9 Å². The van der Waals surface area contributed by atoms with Crippen molar-refractivity contribution in [2.45, 2.75) is 17.4 Å². The molecule has 0 amide bonds. The van der Waals surface area contributed by atoms with Crippen molar-refractivity contribution in [1.29, 1.82) is 0 Å². The Bertz CT molecular complexity index is 661. The highest BCUT2D eigenvalue weighted by molar-refractivity contribution is 7.89. The molecule has 1 heterocycles. The molecule has 1 aromatic carbocycles. The zero-order valence-electron chi connectivity index (χ0n) is 11.7. The maximum Gasteiger partial charge on any atom is 0.293 e. The van der Waals surface area contributed by atoms with Gasteiger partial charge in [0.05, 0.1) is 9.82 Å². The number of nitrogens with two attached hydrogens (primary N) is 1. The molecule has 0 aromatic heterocycles. The standard InChI is InChI=1S/C12H17FN4O4S/c13-4-6-16(9-3-5-15-8-9)11-2-1-10(22(14,20)21)7-12(11)17(18)19/h1-2,7,9,15H,3-6,8H2,(H2,14,20,21). The van der Waals surface area contributed by atoms with Crippen LogP contribution in [0.25, 0.3) is 0 Å². The summed E-state index contributed by atoms with van der Waals surface area (Å²) >= 11 is 0. The highest BCUT2D eigenvalue weighted by atomic mass is 32.2. The summed E-state index contributed by atoms with van der Waals surface area (Å²) in [5.41, 5.74) is -0.198. The van der Waals surface area contributed by atoms with Gasteiger partial charge in [0, 0.05) is 25.2 Å². The van der Waals surface area contributed by atoms with Crippen LogP contribution in [0.3, 0.4) is 0 Å². The zero-order chi connectivity index (χ0) is 16.3. The zero-order valence-corrected chi connectivity index (χ0v) is 12.6. The Labute approximate surface area is 127 Å². The molecule has 2 rings (SSSR count). The van der Waals surface area contributed by atoms with Crippen LogP contribution in [0.5, 0.6) is 0 Å². The van der Waals surface area contributed by atoms with Crippen LogP contribution in [-0.2, 0) is 10.0 Å². The molecule has 22 heavy (non-hydrogen) atoms. The molecule has 8 nitrogen and oxygen atoms in total. The van der Waals surface area contributed by atoms with Gasteiger partial charge in [-0.3, -0.25) is 10.1 Å². The lowest BCUT2D eigenvalue weighted by molar-refractivity contribution is -0.384. The minimum atomic E-state index is -4.04. The van der Waals surface area contributed by atoms with Crippen molar-refractivity contribution in [2.75, 3.05) is 31.2 Å². The minimum Gasteiger partial charge on any atom is -0.359 e. The van der Waals surface area contributed by atoms with E-state index >= 15 is 0 Å². The van der Waals surface area contributed by atoms with Crippen molar-refractivity contribution in [3.05, 3.63) is 28.3 Å². The van der Waals surface area contributed by atoms with E-state index in [1.54, 1.807) is 4.90 Å². The maximum atomic E-state index is 12.8. The summed E-state index contributed by atoms with van der Waals surface area (Å²) in [6.45, 7) is 0.678. The fourth-order valence-electron chi connectivity index (χ4n) is 2.57. The second-order valence-electron chi connectivity index (χ2n) is 4.98. The molecule has 0 bridgehead atoms. The number of sulfonamides is 1. The van der Waals surface area contributed by atoms with E-state index in [9.17, 15) is 22.9 Å². The Balaban J connectivity index is 2.49. The molecule has 1 atom stereocenters. The summed E-state index contributed by atoms with van der Waals surface area (Å²) < 4.78 is 35.5. The summed E-state index contributed by atoms with van der Waals surface area (Å²) in [7, 11) is -4.04. The molecule has 0 aliphatic carbocycles. The molecule has 1 unspecified atom stereocenters. The molecule has 0 radical (unpaired) electrons. The van der Waals surface area contributed by atoms with Gasteiger partial charge in [0.2, 0.25) is 10.0 Å². The Hall–Kier alpha value is -1.78. The maximum absolute atomic E-state index is 12.8. The van der Waals surface area contributed by atoms with Crippen LogP contribution < -0.4 is 15.4 Å². The van der Waals surface area contributed by atoms with Crippen LogP contribution >= 0.6 is 0 Å². The topological polar surface area (TPSA) is 119 Å². The summed E-state index contributed by atoms with van der Waals surface area (Å²) in [5, 5.41) is 19.4. The smallest absolute Gasteiger partial charge is 0.293 e. The third-order valence-electron chi connectivity index (χ3n) is 3.58. The number of primary sulfonamides is 1. The van der Waals surface area contributed by atoms with Crippen molar-refractivity contribution in [2.24, 2.45) is 5.14 Å². The third-order valence-corrected chi connectivity index (χ3v) is 4.49. The predicted octanol–water partition coefficient (Wildman–Crippen LogP) is 0.380. The molecule has 1 saturated heterocycles. The third kappa shape index (κ3) is 3.51. The van der Waals surface area contributed by atoms with E-state index in [-0.39, 0.29) is 23.2 Å². The number of halogens is 1. The lowest BCUT2D eigenvalue weighted by Crippen LogP contribution is -2.38. The fourth-order valence-corrected chi connectivity index (χ4v) is 3.10. The van der Waals surface area contributed by atoms with Crippen molar-refractivity contribution in [1.82, 2.24) is 5.32 Å². The molecule has 1 aliphatic heterocycles. The number of rotatable bonds is 6. The number of nitro groups is 1. The Morgan fingerprint density at radius 1 is 1.50 bits per heavy atom. The van der Waals surface area contributed by atoms with Crippen LogP contribution in [-0.4, -0.2) is 45.7 Å². The van der Waals surface area contributed by atoms with Crippen LogP contribution in [0.1, 0.15) is 6.42 Å². The average Bonchev–Trinajstić information content (AvgIpc) is 2.97. The molecule has 1 fully saturated rings. The SMILES string of the molecule is NS(=O)(=O)c1ccc(N(CCF)C2CCNC2)c([N+](=O)[O-])c1. The monoisotopic (exact) mass is 332 g/mol. The fraction of sp³-hybridized carbons (Fsp3) is 0.500. The summed E-state index contributed by atoms with van der Waals surface area (Å²) in [6.07, 6.45) is 0.730. The summed E-state index contributed by atoms with van der Waals surface area (Å²) in [4.78, 5) is 11.8. The first-order chi connectivity index (χ1) is 10.3. The van der Waals surface area contributed by atoms with E-state index in [0.29, 0.717) is 6.54 Å². The number of hydrogen-bond donors (Lipinski definition) is 2. The molecule has 0 spiro atoms. The normalized spacial score (nSPS) is 18.4. The van der Waals surface area contributed by atoms with Gasteiger partial charge in [0.15, 0.2) is 0 Å². The van der Waals surface area contributed by atoms with E-state index in [1.807, 2.05) is 0 Å². The second-order valence-corrected chi connectivity index (χ2v) is 6.54.